The smallest absolute Gasteiger partial charge is 0.358 e. The number of nitrogens with one attached hydrogen (secondary N) is 1. The Kier molecular flexibility index (Phi) is 2.49. The third-order valence-corrected chi connectivity index (χ3v) is 2.42. The van der Waals surface area contributed by atoms with E-state index in [-0.39, 0.29) is 11.7 Å². The van der Waals surface area contributed by atoms with Crippen LogP contribution in [-0.2, 0) is 0 Å². The number of hydrogen-bond donors (Lipinski definition) is 2. The second kappa shape index (κ2) is 3.79. The average molecular weight is 196 g/mol. The molecule has 0 amide bonds. The molecule has 76 valence electrons. The summed E-state index contributed by atoms with van der Waals surface area (Å²) in [6, 6.07) is 0.0114. The van der Waals surface area contributed by atoms with E-state index < -0.39 is 5.97 Å². The fraction of sp³-hybridized carbons (Fsp3) is 0.556. The van der Waals surface area contributed by atoms with Gasteiger partial charge in [0.2, 0.25) is 0 Å². The number of rotatable bonds is 2. The van der Waals surface area contributed by atoms with Crippen molar-refractivity contribution < 1.29 is 14.3 Å². The molecule has 0 unspecified atom stereocenters. The number of carboxylic acid groups (broad SMARTS) is 1. The SMILES string of the molecule is O=C(O)c1ncoc1[C@H]1CCCCN1. The summed E-state index contributed by atoms with van der Waals surface area (Å²) in [6.45, 7) is 0.907. The van der Waals surface area contributed by atoms with Crippen LogP contribution < -0.4 is 5.32 Å². The van der Waals surface area contributed by atoms with Crippen LogP contribution in [-0.4, -0.2) is 22.6 Å². The molecule has 2 rings (SSSR count). The zero-order chi connectivity index (χ0) is 9.97. The highest BCUT2D eigenvalue weighted by Crippen LogP contribution is 2.25. The van der Waals surface area contributed by atoms with Crippen molar-refractivity contribution in [2.75, 3.05) is 6.54 Å². The molecule has 0 radical (unpaired) electrons. The molecule has 1 fully saturated rings. The molecule has 0 saturated carbocycles. The molecule has 0 spiro atoms. The number of carboxylic acids is 1. The summed E-state index contributed by atoms with van der Waals surface area (Å²) < 4.78 is 5.11. The van der Waals surface area contributed by atoms with Crippen molar-refractivity contribution >= 4 is 5.97 Å². The van der Waals surface area contributed by atoms with Gasteiger partial charge >= 0.3 is 5.97 Å². The van der Waals surface area contributed by atoms with Gasteiger partial charge in [-0.15, -0.1) is 0 Å². The quantitative estimate of drug-likeness (QED) is 0.743. The van der Waals surface area contributed by atoms with E-state index in [9.17, 15) is 4.79 Å². The fourth-order valence-corrected chi connectivity index (χ4v) is 1.74. The lowest BCUT2D eigenvalue weighted by atomic mass is 10.0. The molecule has 0 bridgehead atoms. The molecule has 5 heteroatoms. The molecule has 1 aromatic rings. The topological polar surface area (TPSA) is 75.4 Å². The molecule has 2 heterocycles. The Balaban J connectivity index is 2.21. The van der Waals surface area contributed by atoms with E-state index in [1.807, 2.05) is 0 Å². The highest BCUT2D eigenvalue weighted by atomic mass is 16.4. The number of nitrogens with zero attached hydrogens (tertiary/aromatic N) is 1. The van der Waals surface area contributed by atoms with E-state index in [0.29, 0.717) is 5.76 Å². The van der Waals surface area contributed by atoms with Crippen molar-refractivity contribution in [3.8, 4) is 0 Å². The lowest BCUT2D eigenvalue weighted by Crippen LogP contribution is -2.27. The summed E-state index contributed by atoms with van der Waals surface area (Å²) >= 11 is 0. The van der Waals surface area contributed by atoms with Crippen molar-refractivity contribution in [3.63, 3.8) is 0 Å². The van der Waals surface area contributed by atoms with Gasteiger partial charge in [-0.25, -0.2) is 9.78 Å². The maximum Gasteiger partial charge on any atom is 0.358 e. The van der Waals surface area contributed by atoms with Crippen LogP contribution in [0.25, 0.3) is 0 Å². The number of aromatic carboxylic acids is 1. The minimum absolute atomic E-state index is 0.0114. The zero-order valence-corrected chi connectivity index (χ0v) is 7.69. The van der Waals surface area contributed by atoms with Crippen molar-refractivity contribution in [2.24, 2.45) is 0 Å². The summed E-state index contributed by atoms with van der Waals surface area (Å²) in [4.78, 5) is 14.5. The minimum Gasteiger partial charge on any atom is -0.476 e. The van der Waals surface area contributed by atoms with Gasteiger partial charge in [0.05, 0.1) is 6.04 Å². The Hall–Kier alpha value is -1.36. The van der Waals surface area contributed by atoms with Gasteiger partial charge in [-0.05, 0) is 19.4 Å². The number of oxazole rings is 1. The van der Waals surface area contributed by atoms with Gasteiger partial charge in [-0.2, -0.15) is 0 Å². The van der Waals surface area contributed by atoms with E-state index in [0.717, 1.165) is 25.8 Å². The average Bonchev–Trinajstić information content (AvgIpc) is 2.67. The number of carbonyl (C=O) groups is 1. The van der Waals surface area contributed by atoms with Gasteiger partial charge in [0, 0.05) is 0 Å². The van der Waals surface area contributed by atoms with Crippen molar-refractivity contribution in [2.45, 2.75) is 25.3 Å². The summed E-state index contributed by atoms with van der Waals surface area (Å²) in [6.07, 6.45) is 4.33. The molecule has 1 aliphatic heterocycles. The second-order valence-electron chi connectivity index (χ2n) is 3.37. The van der Waals surface area contributed by atoms with Crippen LogP contribution >= 0.6 is 0 Å². The molecule has 1 atom stereocenters. The van der Waals surface area contributed by atoms with Crippen LogP contribution in [0.5, 0.6) is 0 Å². The van der Waals surface area contributed by atoms with Crippen LogP contribution in [0.4, 0.5) is 0 Å². The molecule has 1 aliphatic rings. The normalized spacial score (nSPS) is 22.1. The van der Waals surface area contributed by atoms with Crippen molar-refractivity contribution in [1.29, 1.82) is 0 Å². The van der Waals surface area contributed by atoms with Crippen molar-refractivity contribution in [1.82, 2.24) is 10.3 Å². The summed E-state index contributed by atoms with van der Waals surface area (Å²) in [5, 5.41) is 12.1. The van der Waals surface area contributed by atoms with E-state index in [2.05, 4.69) is 10.3 Å². The standard InChI is InChI=1S/C9H12N2O3/c12-9(13)7-8(14-5-11-7)6-3-1-2-4-10-6/h5-6,10H,1-4H2,(H,12,13)/t6-/m1/s1. The first-order valence-electron chi connectivity index (χ1n) is 4.69. The van der Waals surface area contributed by atoms with Crippen molar-refractivity contribution in [3.05, 3.63) is 17.8 Å². The maximum atomic E-state index is 10.8. The molecular weight excluding hydrogens is 184 g/mol. The monoisotopic (exact) mass is 196 g/mol. The lowest BCUT2D eigenvalue weighted by Gasteiger charge is -2.21. The molecule has 0 aliphatic carbocycles. The minimum atomic E-state index is -1.03. The van der Waals surface area contributed by atoms with Crippen LogP contribution in [0.1, 0.15) is 41.6 Å². The molecule has 0 aromatic carbocycles. The fourth-order valence-electron chi connectivity index (χ4n) is 1.74. The second-order valence-corrected chi connectivity index (χ2v) is 3.37. The summed E-state index contributed by atoms with van der Waals surface area (Å²) in [7, 11) is 0. The maximum absolute atomic E-state index is 10.8. The first-order valence-corrected chi connectivity index (χ1v) is 4.69. The molecule has 2 N–H and O–H groups in total. The van der Waals surface area contributed by atoms with Crippen LogP contribution in [0.15, 0.2) is 10.8 Å². The number of piperidine rings is 1. The van der Waals surface area contributed by atoms with Gasteiger partial charge in [-0.3, -0.25) is 0 Å². The van der Waals surface area contributed by atoms with Gasteiger partial charge in [0.25, 0.3) is 0 Å². The van der Waals surface area contributed by atoms with Gasteiger partial charge in [-0.1, -0.05) is 6.42 Å². The largest absolute Gasteiger partial charge is 0.476 e. The Bertz CT molecular complexity index is 329. The van der Waals surface area contributed by atoms with Crippen LogP contribution in [0.2, 0.25) is 0 Å². The number of hydrogen-bond acceptors (Lipinski definition) is 4. The third kappa shape index (κ3) is 1.63. The van der Waals surface area contributed by atoms with Crippen LogP contribution in [0, 0.1) is 0 Å². The first-order chi connectivity index (χ1) is 6.79. The molecular formula is C9H12N2O3. The molecule has 1 saturated heterocycles. The zero-order valence-electron chi connectivity index (χ0n) is 7.69. The highest BCUT2D eigenvalue weighted by Gasteiger charge is 2.25. The van der Waals surface area contributed by atoms with Gasteiger partial charge in [0.1, 0.15) is 0 Å². The Morgan fingerprint density at radius 3 is 3.14 bits per heavy atom. The highest BCUT2D eigenvalue weighted by molar-refractivity contribution is 5.86. The lowest BCUT2D eigenvalue weighted by molar-refractivity contribution is 0.0687. The molecule has 14 heavy (non-hydrogen) atoms. The van der Waals surface area contributed by atoms with Gasteiger partial charge in [0.15, 0.2) is 17.8 Å². The van der Waals surface area contributed by atoms with Crippen LogP contribution in [0.3, 0.4) is 0 Å². The third-order valence-electron chi connectivity index (χ3n) is 2.42. The number of aromatic nitrogens is 1. The summed E-state index contributed by atoms with van der Waals surface area (Å²) in [5.41, 5.74) is 0.0319. The van der Waals surface area contributed by atoms with E-state index in [4.69, 9.17) is 9.52 Å². The summed E-state index contributed by atoms with van der Waals surface area (Å²) in [5.74, 6) is -0.571. The Morgan fingerprint density at radius 1 is 1.64 bits per heavy atom. The van der Waals surface area contributed by atoms with E-state index >= 15 is 0 Å². The van der Waals surface area contributed by atoms with E-state index in [1.54, 1.807) is 0 Å². The first kappa shape index (κ1) is 9.21. The Labute approximate surface area is 81.1 Å². The molecule has 5 nitrogen and oxygen atoms in total. The molecule has 1 aromatic heterocycles. The van der Waals surface area contributed by atoms with E-state index in [1.165, 1.54) is 6.39 Å². The Morgan fingerprint density at radius 2 is 2.50 bits per heavy atom. The predicted molar refractivity (Wildman–Crippen MR) is 48.1 cm³/mol. The van der Waals surface area contributed by atoms with Gasteiger partial charge < -0.3 is 14.8 Å². The predicted octanol–water partition coefficient (Wildman–Crippen LogP) is 1.19.